The molecule has 4 rings (SSSR count). The minimum Gasteiger partial charge on any atom is -0.370 e. The van der Waals surface area contributed by atoms with Gasteiger partial charge in [0.05, 0.1) is 18.8 Å². The van der Waals surface area contributed by atoms with Crippen LogP contribution in [0, 0.1) is 17.2 Å². The summed E-state index contributed by atoms with van der Waals surface area (Å²) in [6.45, 7) is 11.8. The molecule has 0 unspecified atom stereocenters. The maximum Gasteiger partial charge on any atom is 0.246 e. The molecule has 200 valence electrons. The zero-order valence-corrected chi connectivity index (χ0v) is 22.6. The van der Waals surface area contributed by atoms with E-state index in [1.807, 2.05) is 39.5 Å². The number of rotatable bonds is 8. The number of nitrogens with one attached hydrogen (secondary N) is 1. The van der Waals surface area contributed by atoms with Gasteiger partial charge in [-0.15, -0.1) is 0 Å². The van der Waals surface area contributed by atoms with Gasteiger partial charge in [0.2, 0.25) is 11.8 Å². The SMILES string of the molecule is CC[C@@H](C)C(=O)N[C@H](C(=O)N1CC[C@@H]2[C@H]1[C@@H](OCc1ccc(F)cc1)CN2C1CCCC1)C(C)(C)C. The molecule has 3 fully saturated rings. The van der Waals surface area contributed by atoms with Gasteiger partial charge < -0.3 is 15.0 Å². The Morgan fingerprint density at radius 2 is 1.81 bits per heavy atom. The Bertz CT molecular complexity index is 909. The number of amides is 2. The molecule has 2 saturated heterocycles. The minimum atomic E-state index is -0.587. The summed E-state index contributed by atoms with van der Waals surface area (Å²) >= 11 is 0. The number of nitrogens with zero attached hydrogens (tertiary/aromatic N) is 2. The average Bonchev–Trinajstić information content (AvgIpc) is 3.58. The van der Waals surface area contributed by atoms with E-state index >= 15 is 0 Å². The van der Waals surface area contributed by atoms with E-state index in [-0.39, 0.29) is 41.7 Å². The first kappa shape index (κ1) is 27.1. The normalized spacial score (nSPS) is 26.7. The Kier molecular flexibility index (Phi) is 8.40. The lowest BCUT2D eigenvalue weighted by atomic mass is 9.85. The average molecular weight is 502 g/mol. The molecule has 1 N–H and O–H groups in total. The van der Waals surface area contributed by atoms with E-state index in [2.05, 4.69) is 10.2 Å². The lowest BCUT2D eigenvalue weighted by Gasteiger charge is -2.37. The fraction of sp³-hybridized carbons (Fsp3) is 0.724. The van der Waals surface area contributed by atoms with Gasteiger partial charge in [-0.1, -0.05) is 59.6 Å². The van der Waals surface area contributed by atoms with Crippen LogP contribution < -0.4 is 5.32 Å². The number of carbonyl (C=O) groups excluding carboxylic acids is 2. The molecule has 6 nitrogen and oxygen atoms in total. The van der Waals surface area contributed by atoms with Gasteiger partial charge in [-0.25, -0.2) is 4.39 Å². The zero-order chi connectivity index (χ0) is 26.0. The predicted molar refractivity (Wildman–Crippen MR) is 139 cm³/mol. The highest BCUT2D eigenvalue weighted by Gasteiger charge is 2.54. The Hall–Kier alpha value is -1.99. The first-order valence-electron chi connectivity index (χ1n) is 13.8. The summed E-state index contributed by atoms with van der Waals surface area (Å²) < 4.78 is 19.9. The largest absolute Gasteiger partial charge is 0.370 e. The van der Waals surface area contributed by atoms with Crippen LogP contribution in [0.15, 0.2) is 24.3 Å². The van der Waals surface area contributed by atoms with E-state index in [0.29, 0.717) is 19.2 Å². The number of fused-ring (bicyclic) bond motifs is 1. The van der Waals surface area contributed by atoms with Gasteiger partial charge in [0.1, 0.15) is 11.9 Å². The Labute approximate surface area is 215 Å². The molecule has 0 spiro atoms. The molecule has 36 heavy (non-hydrogen) atoms. The summed E-state index contributed by atoms with van der Waals surface area (Å²) in [6.07, 6.45) is 6.49. The topological polar surface area (TPSA) is 61.9 Å². The molecule has 5 atom stereocenters. The van der Waals surface area contributed by atoms with Crippen molar-refractivity contribution in [1.82, 2.24) is 15.1 Å². The van der Waals surface area contributed by atoms with Gasteiger partial charge in [0.25, 0.3) is 0 Å². The van der Waals surface area contributed by atoms with E-state index < -0.39 is 11.5 Å². The van der Waals surface area contributed by atoms with Crippen molar-refractivity contribution < 1.29 is 18.7 Å². The first-order valence-corrected chi connectivity index (χ1v) is 13.8. The quantitative estimate of drug-likeness (QED) is 0.569. The van der Waals surface area contributed by atoms with Crippen molar-refractivity contribution in [3.05, 3.63) is 35.6 Å². The van der Waals surface area contributed by atoms with Crippen LogP contribution in [-0.4, -0.2) is 65.0 Å². The third-order valence-corrected chi connectivity index (χ3v) is 8.53. The monoisotopic (exact) mass is 501 g/mol. The molecular weight excluding hydrogens is 457 g/mol. The van der Waals surface area contributed by atoms with Crippen molar-refractivity contribution in [2.75, 3.05) is 13.1 Å². The fourth-order valence-corrected chi connectivity index (χ4v) is 6.19. The fourth-order valence-electron chi connectivity index (χ4n) is 6.19. The van der Waals surface area contributed by atoms with Crippen LogP contribution in [0.4, 0.5) is 4.39 Å². The Morgan fingerprint density at radius 1 is 1.14 bits per heavy atom. The van der Waals surface area contributed by atoms with Crippen molar-refractivity contribution in [2.24, 2.45) is 11.3 Å². The van der Waals surface area contributed by atoms with E-state index in [1.165, 1.54) is 37.8 Å². The number of likely N-dealkylation sites (tertiary alicyclic amines) is 2. The lowest BCUT2D eigenvalue weighted by Crippen LogP contribution is -2.58. The third-order valence-electron chi connectivity index (χ3n) is 8.53. The number of benzene rings is 1. The molecule has 0 aromatic heterocycles. The van der Waals surface area contributed by atoms with Crippen molar-refractivity contribution in [1.29, 1.82) is 0 Å². The highest BCUT2D eigenvalue weighted by molar-refractivity contribution is 5.89. The standard InChI is InChI=1S/C29H44FN3O3/c1-6-19(2)27(34)31-26(29(3,4)5)28(35)32-16-15-23-25(32)24(17-33(23)22-9-7-8-10-22)36-18-20-11-13-21(30)14-12-20/h11-14,19,22-26H,6-10,15-18H2,1-5H3,(H,31,34)/t19-,23-,24+,25+,26-/m1/s1. The molecular formula is C29H44FN3O3. The highest BCUT2D eigenvalue weighted by atomic mass is 19.1. The van der Waals surface area contributed by atoms with Gasteiger partial charge in [0.15, 0.2) is 0 Å². The molecule has 2 heterocycles. The highest BCUT2D eigenvalue weighted by Crippen LogP contribution is 2.39. The van der Waals surface area contributed by atoms with Crippen molar-refractivity contribution in [2.45, 2.75) is 110 Å². The van der Waals surface area contributed by atoms with Gasteiger partial charge in [-0.3, -0.25) is 14.5 Å². The number of carbonyl (C=O) groups is 2. The van der Waals surface area contributed by atoms with Crippen molar-refractivity contribution in [3.63, 3.8) is 0 Å². The molecule has 7 heteroatoms. The number of hydrogen-bond acceptors (Lipinski definition) is 4. The Morgan fingerprint density at radius 3 is 2.42 bits per heavy atom. The minimum absolute atomic E-state index is 0.00435. The number of hydrogen-bond donors (Lipinski definition) is 1. The molecule has 1 aliphatic carbocycles. The third kappa shape index (κ3) is 5.77. The molecule has 1 aromatic rings. The lowest BCUT2D eigenvalue weighted by molar-refractivity contribution is -0.143. The second-order valence-electron chi connectivity index (χ2n) is 12.1. The second kappa shape index (κ2) is 11.2. The van der Waals surface area contributed by atoms with Crippen LogP contribution in [0.5, 0.6) is 0 Å². The first-order chi connectivity index (χ1) is 17.1. The van der Waals surface area contributed by atoms with Crippen LogP contribution in [-0.2, 0) is 20.9 Å². The van der Waals surface area contributed by atoms with E-state index in [0.717, 1.165) is 24.9 Å². The predicted octanol–water partition coefficient (Wildman–Crippen LogP) is 4.52. The summed E-state index contributed by atoms with van der Waals surface area (Å²) in [4.78, 5) is 31.5. The number of halogens is 1. The second-order valence-corrected chi connectivity index (χ2v) is 12.1. The van der Waals surface area contributed by atoms with Gasteiger partial charge >= 0.3 is 0 Å². The van der Waals surface area contributed by atoms with E-state index in [1.54, 1.807) is 12.1 Å². The molecule has 3 aliphatic rings. The van der Waals surface area contributed by atoms with Gasteiger partial charge in [-0.05, 0) is 48.8 Å². The summed E-state index contributed by atoms with van der Waals surface area (Å²) in [6, 6.07) is 6.64. The Balaban J connectivity index is 1.55. The molecule has 0 radical (unpaired) electrons. The van der Waals surface area contributed by atoms with Crippen LogP contribution in [0.3, 0.4) is 0 Å². The summed E-state index contributed by atoms with van der Waals surface area (Å²) in [5, 5.41) is 3.09. The van der Waals surface area contributed by atoms with Crippen LogP contribution in [0.2, 0.25) is 0 Å². The molecule has 2 amide bonds. The summed E-state index contributed by atoms with van der Waals surface area (Å²) in [7, 11) is 0. The van der Waals surface area contributed by atoms with Gasteiger partial charge in [0, 0.05) is 31.1 Å². The number of ether oxygens (including phenoxy) is 1. The maximum atomic E-state index is 14.1. The molecule has 1 saturated carbocycles. The summed E-state index contributed by atoms with van der Waals surface area (Å²) in [5.41, 5.74) is 0.517. The van der Waals surface area contributed by atoms with Gasteiger partial charge in [-0.2, -0.15) is 0 Å². The maximum absolute atomic E-state index is 14.1. The smallest absolute Gasteiger partial charge is 0.246 e. The van der Waals surface area contributed by atoms with Crippen molar-refractivity contribution in [3.8, 4) is 0 Å². The van der Waals surface area contributed by atoms with Crippen LogP contribution >= 0.6 is 0 Å². The van der Waals surface area contributed by atoms with E-state index in [9.17, 15) is 14.0 Å². The molecule has 0 bridgehead atoms. The van der Waals surface area contributed by atoms with Crippen LogP contribution in [0.25, 0.3) is 0 Å². The zero-order valence-electron chi connectivity index (χ0n) is 22.6. The summed E-state index contributed by atoms with van der Waals surface area (Å²) in [5.74, 6) is -0.461. The van der Waals surface area contributed by atoms with Crippen molar-refractivity contribution >= 4 is 11.8 Å². The molecule has 2 aliphatic heterocycles. The van der Waals surface area contributed by atoms with E-state index in [4.69, 9.17) is 4.74 Å². The molecule has 1 aromatic carbocycles. The van der Waals surface area contributed by atoms with Crippen LogP contribution in [0.1, 0.15) is 78.7 Å².